The molecule has 1 aliphatic carbocycles. The molecule has 0 saturated carbocycles. The zero-order valence-corrected chi connectivity index (χ0v) is 11.9. The van der Waals surface area contributed by atoms with Crippen molar-refractivity contribution < 1.29 is 18.3 Å². The van der Waals surface area contributed by atoms with Crippen molar-refractivity contribution in [2.75, 3.05) is 0 Å². The first-order valence-corrected chi connectivity index (χ1v) is 7.07. The summed E-state index contributed by atoms with van der Waals surface area (Å²) in [5.74, 6) is 0.316. The van der Waals surface area contributed by atoms with Crippen molar-refractivity contribution in [3.63, 3.8) is 0 Å². The van der Waals surface area contributed by atoms with E-state index in [0.29, 0.717) is 29.2 Å². The third-order valence-corrected chi connectivity index (χ3v) is 3.92. The maximum atomic E-state index is 12.8. The lowest BCUT2D eigenvalue weighted by atomic mass is 9.86. The van der Waals surface area contributed by atoms with E-state index in [9.17, 15) is 18.3 Å². The second kappa shape index (κ2) is 5.35. The van der Waals surface area contributed by atoms with E-state index < -0.39 is 17.8 Å². The first-order valence-electron chi connectivity index (χ1n) is 7.07. The molecule has 0 radical (unpaired) electrons. The smallest absolute Gasteiger partial charge is 0.388 e. The Kier molecular flexibility index (Phi) is 3.64. The van der Waals surface area contributed by atoms with Crippen LogP contribution in [0, 0.1) is 5.92 Å². The Labute approximate surface area is 125 Å². The van der Waals surface area contributed by atoms with Gasteiger partial charge in [-0.2, -0.15) is 23.4 Å². The first kappa shape index (κ1) is 15.0. The molecule has 2 aromatic rings. The lowest BCUT2D eigenvalue weighted by Crippen LogP contribution is -2.18. The monoisotopic (exact) mass is 308 g/mol. The summed E-state index contributed by atoms with van der Waals surface area (Å²) >= 11 is 0. The normalized spacial score (nSPS) is 21.5. The van der Waals surface area contributed by atoms with Crippen LogP contribution in [-0.4, -0.2) is 15.3 Å². The fourth-order valence-corrected chi connectivity index (χ4v) is 2.80. The minimum atomic E-state index is -4.40. The van der Waals surface area contributed by atoms with E-state index in [2.05, 4.69) is 10.2 Å². The summed E-state index contributed by atoms with van der Waals surface area (Å²) in [4.78, 5) is 0. The van der Waals surface area contributed by atoms with E-state index in [-0.39, 0.29) is 0 Å². The Morgan fingerprint density at radius 3 is 2.68 bits per heavy atom. The number of benzene rings is 1. The molecule has 3 nitrogen and oxygen atoms in total. The molecule has 0 amide bonds. The lowest BCUT2D eigenvalue weighted by Gasteiger charge is -2.25. The Hall–Kier alpha value is -1.95. The van der Waals surface area contributed by atoms with Crippen molar-refractivity contribution in [2.24, 2.45) is 5.92 Å². The molecule has 1 aliphatic rings. The van der Waals surface area contributed by atoms with Gasteiger partial charge in [-0.1, -0.05) is 19.1 Å². The largest absolute Gasteiger partial charge is 0.416 e. The highest BCUT2D eigenvalue weighted by atomic mass is 19.4. The zero-order valence-electron chi connectivity index (χ0n) is 11.9. The number of halogens is 3. The summed E-state index contributed by atoms with van der Waals surface area (Å²) < 4.78 is 38.4. The molecule has 0 spiro atoms. The number of rotatable bonds is 1. The molecular weight excluding hydrogens is 293 g/mol. The number of fused-ring (bicyclic) bond motifs is 1. The predicted octanol–water partition coefficient (Wildman–Crippen LogP) is 3.78. The van der Waals surface area contributed by atoms with Crippen LogP contribution in [-0.2, 0) is 12.6 Å². The van der Waals surface area contributed by atoms with Crippen molar-refractivity contribution in [3.05, 3.63) is 47.2 Å². The van der Waals surface area contributed by atoms with Crippen molar-refractivity contribution in [2.45, 2.75) is 32.0 Å². The van der Waals surface area contributed by atoms with Crippen LogP contribution >= 0.6 is 0 Å². The molecule has 116 valence electrons. The first-order chi connectivity index (χ1) is 10.3. The van der Waals surface area contributed by atoms with Crippen LogP contribution in [0.25, 0.3) is 11.3 Å². The Morgan fingerprint density at radius 1 is 1.18 bits per heavy atom. The minimum Gasteiger partial charge on any atom is -0.388 e. The van der Waals surface area contributed by atoms with Crippen molar-refractivity contribution in [3.8, 4) is 11.3 Å². The number of aliphatic hydroxyl groups excluding tert-OH is 1. The highest BCUT2D eigenvalue weighted by molar-refractivity contribution is 5.61. The van der Waals surface area contributed by atoms with Crippen molar-refractivity contribution in [1.82, 2.24) is 10.2 Å². The number of hydrogen-bond acceptors (Lipinski definition) is 3. The fourth-order valence-electron chi connectivity index (χ4n) is 2.80. The van der Waals surface area contributed by atoms with Gasteiger partial charge in [0, 0.05) is 11.1 Å². The molecule has 22 heavy (non-hydrogen) atoms. The standard InChI is InChI=1S/C16H15F3N2O/c1-9-5-14-12(15(22)6-9)8-13(20-21-14)10-3-2-4-11(7-10)16(17,18)19/h2-4,7-9,15,22H,5-6H2,1H3/t9-,15+/m1/s1. The van der Waals surface area contributed by atoms with Gasteiger partial charge in [-0.25, -0.2) is 0 Å². The van der Waals surface area contributed by atoms with Gasteiger partial charge in [0.15, 0.2) is 0 Å². The second-order valence-corrected chi connectivity index (χ2v) is 5.77. The summed E-state index contributed by atoms with van der Waals surface area (Å²) in [5, 5.41) is 18.3. The summed E-state index contributed by atoms with van der Waals surface area (Å²) in [6.45, 7) is 2.02. The molecule has 1 heterocycles. The van der Waals surface area contributed by atoms with Gasteiger partial charge in [-0.3, -0.25) is 0 Å². The quantitative estimate of drug-likeness (QED) is 0.872. The topological polar surface area (TPSA) is 46.0 Å². The average molecular weight is 308 g/mol. The molecule has 0 fully saturated rings. The van der Waals surface area contributed by atoms with E-state index in [1.165, 1.54) is 6.07 Å². The molecule has 0 saturated heterocycles. The third-order valence-electron chi connectivity index (χ3n) is 3.92. The van der Waals surface area contributed by atoms with E-state index in [1.54, 1.807) is 12.1 Å². The van der Waals surface area contributed by atoms with Crippen molar-refractivity contribution in [1.29, 1.82) is 0 Å². The summed E-state index contributed by atoms with van der Waals surface area (Å²) in [7, 11) is 0. The number of aromatic nitrogens is 2. The van der Waals surface area contributed by atoms with Crippen LogP contribution < -0.4 is 0 Å². The number of alkyl halides is 3. The maximum Gasteiger partial charge on any atom is 0.416 e. The zero-order chi connectivity index (χ0) is 15.9. The van der Waals surface area contributed by atoms with E-state index >= 15 is 0 Å². The number of aliphatic hydroxyl groups is 1. The molecule has 0 aliphatic heterocycles. The van der Waals surface area contributed by atoms with Crippen LogP contribution in [0.5, 0.6) is 0 Å². The summed E-state index contributed by atoms with van der Waals surface area (Å²) in [5.41, 5.74) is 1.36. The van der Waals surface area contributed by atoms with Crippen LogP contribution in [0.1, 0.15) is 36.3 Å². The van der Waals surface area contributed by atoms with Crippen molar-refractivity contribution >= 4 is 0 Å². The highest BCUT2D eigenvalue weighted by Crippen LogP contribution is 2.35. The molecule has 1 aromatic carbocycles. The van der Waals surface area contributed by atoms with Crippen LogP contribution in [0.2, 0.25) is 0 Å². The van der Waals surface area contributed by atoms with Crippen LogP contribution in [0.15, 0.2) is 30.3 Å². The van der Waals surface area contributed by atoms with Gasteiger partial charge in [0.1, 0.15) is 0 Å². The predicted molar refractivity (Wildman–Crippen MR) is 74.9 cm³/mol. The summed E-state index contributed by atoms with van der Waals surface area (Å²) in [6, 6.07) is 6.62. The maximum absolute atomic E-state index is 12.8. The minimum absolute atomic E-state index is 0.316. The van der Waals surface area contributed by atoms with Gasteiger partial charge in [-0.15, -0.1) is 0 Å². The van der Waals surface area contributed by atoms with Gasteiger partial charge in [0.25, 0.3) is 0 Å². The highest BCUT2D eigenvalue weighted by Gasteiger charge is 2.31. The van der Waals surface area contributed by atoms with Gasteiger partial charge in [0.2, 0.25) is 0 Å². The van der Waals surface area contributed by atoms with Crippen LogP contribution in [0.3, 0.4) is 0 Å². The summed E-state index contributed by atoms with van der Waals surface area (Å²) in [6.07, 6.45) is -3.69. The SMILES string of the molecule is C[C@@H]1Cc2nnc(-c3cccc(C(F)(F)F)c3)cc2[C@@H](O)C1. The molecule has 0 bridgehead atoms. The molecule has 1 aromatic heterocycles. The van der Waals surface area contributed by atoms with E-state index in [0.717, 1.165) is 24.2 Å². The molecule has 0 unspecified atom stereocenters. The Balaban J connectivity index is 2.02. The second-order valence-electron chi connectivity index (χ2n) is 5.77. The Bertz CT molecular complexity index is 700. The van der Waals surface area contributed by atoms with Gasteiger partial charge >= 0.3 is 6.18 Å². The molecule has 1 N–H and O–H groups in total. The third kappa shape index (κ3) is 2.83. The molecule has 3 rings (SSSR count). The molecular formula is C16H15F3N2O. The van der Waals surface area contributed by atoms with Gasteiger partial charge in [-0.05, 0) is 37.0 Å². The van der Waals surface area contributed by atoms with Gasteiger partial charge in [0.05, 0.1) is 23.1 Å². The van der Waals surface area contributed by atoms with Gasteiger partial charge < -0.3 is 5.11 Å². The fraction of sp³-hybridized carbons (Fsp3) is 0.375. The average Bonchev–Trinajstić information content (AvgIpc) is 2.46. The molecule has 6 heteroatoms. The van der Waals surface area contributed by atoms with E-state index in [4.69, 9.17) is 0 Å². The lowest BCUT2D eigenvalue weighted by molar-refractivity contribution is -0.137. The van der Waals surface area contributed by atoms with Crippen LogP contribution in [0.4, 0.5) is 13.2 Å². The number of nitrogens with zero attached hydrogens (tertiary/aromatic N) is 2. The van der Waals surface area contributed by atoms with E-state index in [1.807, 2.05) is 6.92 Å². The number of hydrogen-bond donors (Lipinski definition) is 1. The Morgan fingerprint density at radius 2 is 1.95 bits per heavy atom. The molecule has 2 atom stereocenters.